The van der Waals surface area contributed by atoms with Crippen molar-refractivity contribution in [1.29, 1.82) is 0 Å². The van der Waals surface area contributed by atoms with Gasteiger partial charge in [-0.25, -0.2) is 0 Å². The molecule has 98 valence electrons. The van der Waals surface area contributed by atoms with Crippen LogP contribution in [-0.4, -0.2) is 34.5 Å². The number of aliphatic carboxylic acids is 1. The lowest BCUT2D eigenvalue weighted by Crippen LogP contribution is -2.47. The van der Waals surface area contributed by atoms with Crippen LogP contribution in [0.5, 0.6) is 0 Å². The van der Waals surface area contributed by atoms with Gasteiger partial charge in [0, 0.05) is 18.0 Å². The molecule has 1 fully saturated rings. The molecule has 0 radical (unpaired) electrons. The topological polar surface area (TPSA) is 57.6 Å². The molecule has 1 aliphatic rings. The number of carboxylic acid groups (broad SMARTS) is 1. The van der Waals surface area contributed by atoms with Crippen LogP contribution < -0.4 is 0 Å². The first-order chi connectivity index (χ1) is 8.49. The fraction of sp³-hybridized carbons (Fsp3) is 0.500. The second kappa shape index (κ2) is 5.40. The van der Waals surface area contributed by atoms with Crippen LogP contribution in [0.15, 0.2) is 15.2 Å². The van der Waals surface area contributed by atoms with Gasteiger partial charge in [-0.3, -0.25) is 9.59 Å². The molecule has 2 heterocycles. The molecule has 0 saturated carbocycles. The van der Waals surface area contributed by atoms with Gasteiger partial charge in [0.15, 0.2) is 0 Å². The molecule has 1 aromatic heterocycles. The van der Waals surface area contributed by atoms with E-state index in [0.717, 1.165) is 10.2 Å². The molecule has 4 nitrogen and oxygen atoms in total. The Labute approximate surface area is 118 Å². The lowest BCUT2D eigenvalue weighted by atomic mass is 9.93. The molecule has 0 aliphatic carbocycles. The zero-order valence-electron chi connectivity index (χ0n) is 9.93. The van der Waals surface area contributed by atoms with Crippen LogP contribution in [0, 0.1) is 5.92 Å². The maximum absolute atomic E-state index is 12.3. The second-order valence-electron chi connectivity index (χ2n) is 4.56. The Morgan fingerprint density at radius 3 is 2.78 bits per heavy atom. The zero-order valence-corrected chi connectivity index (χ0v) is 12.3. The summed E-state index contributed by atoms with van der Waals surface area (Å²) in [7, 11) is 0. The molecule has 2 unspecified atom stereocenters. The third-order valence-electron chi connectivity index (χ3n) is 3.31. The summed E-state index contributed by atoms with van der Waals surface area (Å²) in [6.07, 6.45) is 1.39. The molecule has 0 bridgehead atoms. The van der Waals surface area contributed by atoms with Crippen LogP contribution in [0.25, 0.3) is 0 Å². The number of hydrogen-bond donors (Lipinski definition) is 1. The molecule has 2 rings (SSSR count). The number of hydrogen-bond acceptors (Lipinski definition) is 3. The average molecular weight is 332 g/mol. The number of carbonyl (C=O) groups is 2. The van der Waals surface area contributed by atoms with Crippen molar-refractivity contribution < 1.29 is 14.7 Å². The Morgan fingerprint density at radius 2 is 2.22 bits per heavy atom. The summed E-state index contributed by atoms with van der Waals surface area (Å²) >= 11 is 4.79. The van der Waals surface area contributed by atoms with Crippen molar-refractivity contribution in [3.8, 4) is 0 Å². The van der Waals surface area contributed by atoms with Gasteiger partial charge < -0.3 is 10.0 Å². The Hall–Kier alpha value is -0.880. The highest BCUT2D eigenvalue weighted by molar-refractivity contribution is 9.11. The minimum absolute atomic E-state index is 0.0737. The predicted molar refractivity (Wildman–Crippen MR) is 72.9 cm³/mol. The zero-order chi connectivity index (χ0) is 13.3. The van der Waals surface area contributed by atoms with Gasteiger partial charge in [-0.1, -0.05) is 0 Å². The molecule has 18 heavy (non-hydrogen) atoms. The number of likely N-dealkylation sites (tertiary alicyclic amines) is 1. The van der Waals surface area contributed by atoms with E-state index in [0.29, 0.717) is 18.5 Å². The first kappa shape index (κ1) is 13.5. The minimum atomic E-state index is -0.814. The Bertz CT molecular complexity index is 474. The smallest absolute Gasteiger partial charge is 0.308 e. The van der Waals surface area contributed by atoms with Crippen LogP contribution >= 0.6 is 27.3 Å². The molecule has 0 spiro atoms. The van der Waals surface area contributed by atoms with Crippen LogP contribution in [0.1, 0.15) is 30.1 Å². The van der Waals surface area contributed by atoms with Crippen LogP contribution in [0.4, 0.5) is 0 Å². The highest BCUT2D eigenvalue weighted by Gasteiger charge is 2.33. The van der Waals surface area contributed by atoms with Crippen molar-refractivity contribution in [2.24, 2.45) is 5.92 Å². The van der Waals surface area contributed by atoms with Crippen molar-refractivity contribution in [2.45, 2.75) is 25.8 Å². The standard InChI is InChI=1S/C12H14BrNO3S/c1-7-2-3-8(12(16)17)5-14(7)11(15)9-4-10(13)18-6-9/h4,6-8H,2-3,5H2,1H3,(H,16,17). The molecule has 0 aromatic carbocycles. The highest BCUT2D eigenvalue weighted by atomic mass is 79.9. The van der Waals surface area contributed by atoms with Crippen molar-refractivity contribution in [3.05, 3.63) is 20.8 Å². The van der Waals surface area contributed by atoms with E-state index in [1.54, 1.807) is 16.3 Å². The molecule has 1 amide bonds. The van der Waals surface area contributed by atoms with Crippen molar-refractivity contribution in [3.63, 3.8) is 0 Å². The summed E-state index contributed by atoms with van der Waals surface area (Å²) in [6, 6.07) is 1.89. The maximum atomic E-state index is 12.3. The summed E-state index contributed by atoms with van der Waals surface area (Å²) in [6.45, 7) is 2.28. The van der Waals surface area contributed by atoms with Gasteiger partial charge in [0.2, 0.25) is 0 Å². The van der Waals surface area contributed by atoms with E-state index in [4.69, 9.17) is 5.11 Å². The summed E-state index contributed by atoms with van der Waals surface area (Å²) in [5, 5.41) is 10.9. The van der Waals surface area contributed by atoms with Crippen LogP contribution in [0.3, 0.4) is 0 Å². The first-order valence-electron chi connectivity index (χ1n) is 5.77. The molecular weight excluding hydrogens is 318 g/mol. The number of carboxylic acids is 1. The normalized spacial score (nSPS) is 24.0. The van der Waals surface area contributed by atoms with E-state index >= 15 is 0 Å². The van der Waals surface area contributed by atoms with Gasteiger partial charge in [-0.05, 0) is 41.8 Å². The Kier molecular flexibility index (Phi) is 4.07. The predicted octanol–water partition coefficient (Wildman–Crippen LogP) is 2.84. The summed E-state index contributed by atoms with van der Waals surface area (Å²) in [4.78, 5) is 25.0. The van der Waals surface area contributed by atoms with Gasteiger partial charge in [-0.2, -0.15) is 0 Å². The van der Waals surface area contributed by atoms with E-state index in [1.807, 2.05) is 6.92 Å². The van der Waals surface area contributed by atoms with Gasteiger partial charge in [0.1, 0.15) is 0 Å². The maximum Gasteiger partial charge on any atom is 0.308 e. The number of piperidine rings is 1. The van der Waals surface area contributed by atoms with E-state index in [-0.39, 0.29) is 11.9 Å². The van der Waals surface area contributed by atoms with Crippen molar-refractivity contribution >= 4 is 39.1 Å². The molecule has 1 N–H and O–H groups in total. The van der Waals surface area contributed by atoms with Crippen LogP contribution in [0.2, 0.25) is 0 Å². The summed E-state index contributed by atoms with van der Waals surface area (Å²) < 4.78 is 0.908. The van der Waals surface area contributed by atoms with Crippen molar-refractivity contribution in [2.75, 3.05) is 6.54 Å². The third-order valence-corrected chi connectivity index (χ3v) is 4.81. The van der Waals surface area contributed by atoms with Gasteiger partial charge in [0.25, 0.3) is 5.91 Å². The lowest BCUT2D eigenvalue weighted by Gasteiger charge is -2.36. The molecule has 6 heteroatoms. The van der Waals surface area contributed by atoms with E-state index in [2.05, 4.69) is 15.9 Å². The SMILES string of the molecule is CC1CCC(C(=O)O)CN1C(=O)c1csc(Br)c1. The Balaban J connectivity index is 2.15. The lowest BCUT2D eigenvalue weighted by molar-refractivity contribution is -0.143. The number of thiophene rings is 1. The second-order valence-corrected chi connectivity index (χ2v) is 6.85. The summed E-state index contributed by atoms with van der Waals surface area (Å²) in [5.41, 5.74) is 0.629. The Morgan fingerprint density at radius 1 is 1.50 bits per heavy atom. The number of halogens is 1. The molecule has 1 aliphatic heterocycles. The molecular formula is C12H14BrNO3S. The average Bonchev–Trinajstić information content (AvgIpc) is 2.75. The van der Waals surface area contributed by atoms with Gasteiger partial charge >= 0.3 is 5.97 Å². The van der Waals surface area contributed by atoms with E-state index in [9.17, 15) is 9.59 Å². The number of carbonyl (C=O) groups excluding carboxylic acids is 1. The highest BCUT2D eigenvalue weighted by Crippen LogP contribution is 2.27. The largest absolute Gasteiger partial charge is 0.481 e. The first-order valence-corrected chi connectivity index (χ1v) is 7.44. The third kappa shape index (κ3) is 2.75. The minimum Gasteiger partial charge on any atom is -0.481 e. The number of nitrogens with zero attached hydrogens (tertiary/aromatic N) is 1. The van der Waals surface area contributed by atoms with Crippen LogP contribution in [-0.2, 0) is 4.79 Å². The summed E-state index contributed by atoms with van der Waals surface area (Å²) in [5.74, 6) is -1.33. The number of amides is 1. The quantitative estimate of drug-likeness (QED) is 0.906. The van der Waals surface area contributed by atoms with E-state index < -0.39 is 11.9 Å². The molecule has 1 aromatic rings. The molecule has 1 saturated heterocycles. The van der Waals surface area contributed by atoms with Gasteiger partial charge in [0.05, 0.1) is 15.3 Å². The van der Waals surface area contributed by atoms with E-state index in [1.165, 1.54) is 11.3 Å². The van der Waals surface area contributed by atoms with Crippen molar-refractivity contribution in [1.82, 2.24) is 4.90 Å². The van der Waals surface area contributed by atoms with Gasteiger partial charge in [-0.15, -0.1) is 11.3 Å². The fourth-order valence-corrected chi connectivity index (χ4v) is 3.31. The molecule has 2 atom stereocenters. The fourth-order valence-electron chi connectivity index (χ4n) is 2.18. The number of rotatable bonds is 2. The monoisotopic (exact) mass is 331 g/mol.